The van der Waals surface area contributed by atoms with E-state index in [0.717, 1.165) is 10.9 Å². The van der Waals surface area contributed by atoms with Crippen molar-refractivity contribution in [1.82, 2.24) is 0 Å². The Morgan fingerprint density at radius 1 is 1.47 bits per heavy atom. The molecule has 96 valence electrons. The molecule has 0 aliphatic carbocycles. The van der Waals surface area contributed by atoms with Crippen LogP contribution in [0.3, 0.4) is 0 Å². The molecule has 0 fully saturated rings. The molecule has 0 aliphatic heterocycles. The Kier molecular flexibility index (Phi) is 5.10. The lowest BCUT2D eigenvalue weighted by Gasteiger charge is -2.24. The van der Waals surface area contributed by atoms with Gasteiger partial charge in [-0.2, -0.15) is 0 Å². The van der Waals surface area contributed by atoms with E-state index < -0.39 is 0 Å². The Balaban J connectivity index is 2.70. The normalized spacial score (nSPS) is 13.8. The van der Waals surface area contributed by atoms with E-state index in [0.29, 0.717) is 12.0 Å². The second kappa shape index (κ2) is 5.94. The summed E-state index contributed by atoms with van der Waals surface area (Å²) in [7, 11) is 1.67. The highest BCUT2D eigenvalue weighted by Gasteiger charge is 2.19. The van der Waals surface area contributed by atoms with Gasteiger partial charge in [0.25, 0.3) is 0 Å². The van der Waals surface area contributed by atoms with E-state index in [1.54, 1.807) is 19.2 Å². The molecule has 1 unspecified atom stereocenters. The van der Waals surface area contributed by atoms with E-state index in [2.05, 4.69) is 15.9 Å². The lowest BCUT2D eigenvalue weighted by molar-refractivity contribution is 0.0124. The first kappa shape index (κ1) is 14.6. The standard InChI is InChI=1S/C13H19BrFNO/c1-13(2,17-3)7-6-12(16)10-8-9(14)4-5-11(10)15/h4-5,8,12H,6-7,16H2,1-3H3. The average Bonchev–Trinajstić information content (AvgIpc) is 2.29. The minimum atomic E-state index is -0.304. The van der Waals surface area contributed by atoms with Gasteiger partial charge in [-0.3, -0.25) is 0 Å². The first-order valence-corrected chi connectivity index (χ1v) is 6.41. The summed E-state index contributed by atoms with van der Waals surface area (Å²) in [5.41, 5.74) is 6.34. The molecule has 1 atom stereocenters. The molecule has 0 heterocycles. The lowest BCUT2D eigenvalue weighted by atomic mass is 9.95. The number of ether oxygens (including phenoxy) is 1. The molecule has 0 radical (unpaired) electrons. The number of hydrogen-bond donors (Lipinski definition) is 1. The molecule has 1 aromatic rings. The minimum Gasteiger partial charge on any atom is -0.379 e. The van der Waals surface area contributed by atoms with Gasteiger partial charge in [0.2, 0.25) is 0 Å². The number of nitrogens with two attached hydrogens (primary N) is 1. The fourth-order valence-corrected chi connectivity index (χ4v) is 1.94. The first-order valence-electron chi connectivity index (χ1n) is 5.61. The van der Waals surface area contributed by atoms with Gasteiger partial charge < -0.3 is 10.5 Å². The zero-order valence-electron chi connectivity index (χ0n) is 10.5. The second-order valence-corrected chi connectivity index (χ2v) is 5.69. The topological polar surface area (TPSA) is 35.2 Å². The number of hydrogen-bond acceptors (Lipinski definition) is 2. The zero-order valence-corrected chi connectivity index (χ0v) is 12.1. The Hall–Kier alpha value is -0.450. The van der Waals surface area contributed by atoms with Crippen molar-refractivity contribution in [1.29, 1.82) is 0 Å². The lowest BCUT2D eigenvalue weighted by Crippen LogP contribution is -2.25. The van der Waals surface area contributed by atoms with Crippen LogP contribution in [0.4, 0.5) is 4.39 Å². The zero-order chi connectivity index (χ0) is 13.1. The number of halogens is 2. The van der Waals surface area contributed by atoms with Crippen LogP contribution in [0.5, 0.6) is 0 Å². The monoisotopic (exact) mass is 303 g/mol. The van der Waals surface area contributed by atoms with E-state index in [1.165, 1.54) is 6.07 Å². The van der Waals surface area contributed by atoms with Crippen molar-refractivity contribution in [3.8, 4) is 0 Å². The third-order valence-corrected chi connectivity index (χ3v) is 3.46. The molecule has 1 aromatic carbocycles. The third kappa shape index (κ3) is 4.37. The molecule has 0 bridgehead atoms. The Morgan fingerprint density at radius 3 is 2.71 bits per heavy atom. The fraction of sp³-hybridized carbons (Fsp3) is 0.538. The highest BCUT2D eigenvalue weighted by Crippen LogP contribution is 2.26. The molecule has 1 rings (SSSR count). The van der Waals surface area contributed by atoms with Crippen LogP contribution in [0.25, 0.3) is 0 Å². The molecule has 4 heteroatoms. The van der Waals surface area contributed by atoms with Gasteiger partial charge in [-0.25, -0.2) is 4.39 Å². The first-order chi connectivity index (χ1) is 7.85. The second-order valence-electron chi connectivity index (χ2n) is 4.77. The van der Waals surface area contributed by atoms with Crippen LogP contribution in [0, 0.1) is 5.82 Å². The Labute approximate surface area is 110 Å². The van der Waals surface area contributed by atoms with Gasteiger partial charge in [0.15, 0.2) is 0 Å². The van der Waals surface area contributed by atoms with Gasteiger partial charge in [0.05, 0.1) is 5.60 Å². The highest BCUT2D eigenvalue weighted by atomic mass is 79.9. The predicted octanol–water partition coefficient (Wildman–Crippen LogP) is 3.79. The highest BCUT2D eigenvalue weighted by molar-refractivity contribution is 9.10. The van der Waals surface area contributed by atoms with Crippen molar-refractivity contribution in [2.24, 2.45) is 5.73 Å². The summed E-state index contributed by atoms with van der Waals surface area (Å²) in [5.74, 6) is -0.254. The van der Waals surface area contributed by atoms with E-state index in [-0.39, 0.29) is 17.5 Å². The number of rotatable bonds is 5. The molecular weight excluding hydrogens is 285 g/mol. The Morgan fingerprint density at radius 2 is 2.12 bits per heavy atom. The van der Waals surface area contributed by atoms with Gasteiger partial charge in [-0.15, -0.1) is 0 Å². The molecule has 0 saturated heterocycles. The van der Waals surface area contributed by atoms with Crippen molar-refractivity contribution in [2.75, 3.05) is 7.11 Å². The van der Waals surface area contributed by atoms with Crippen LogP contribution in [-0.4, -0.2) is 12.7 Å². The molecule has 0 aliphatic rings. The van der Waals surface area contributed by atoms with E-state index in [9.17, 15) is 4.39 Å². The summed E-state index contributed by atoms with van der Waals surface area (Å²) in [6.07, 6.45) is 1.48. The number of methoxy groups -OCH3 is 1. The maximum atomic E-state index is 13.6. The van der Waals surface area contributed by atoms with Crippen molar-refractivity contribution in [3.05, 3.63) is 34.1 Å². The molecule has 2 N–H and O–H groups in total. The molecule has 17 heavy (non-hydrogen) atoms. The largest absolute Gasteiger partial charge is 0.379 e. The maximum absolute atomic E-state index is 13.6. The van der Waals surface area contributed by atoms with Crippen molar-refractivity contribution < 1.29 is 9.13 Å². The van der Waals surface area contributed by atoms with E-state index >= 15 is 0 Å². The molecule has 2 nitrogen and oxygen atoms in total. The van der Waals surface area contributed by atoms with Crippen LogP contribution in [0.15, 0.2) is 22.7 Å². The number of benzene rings is 1. The minimum absolute atomic E-state index is 0.222. The van der Waals surface area contributed by atoms with Gasteiger partial charge >= 0.3 is 0 Å². The SMILES string of the molecule is COC(C)(C)CCC(N)c1cc(Br)ccc1F. The van der Waals surface area contributed by atoms with Crippen molar-refractivity contribution in [2.45, 2.75) is 38.3 Å². The van der Waals surface area contributed by atoms with Crippen LogP contribution < -0.4 is 5.73 Å². The van der Waals surface area contributed by atoms with Crippen molar-refractivity contribution in [3.63, 3.8) is 0 Å². The quantitative estimate of drug-likeness (QED) is 0.898. The van der Waals surface area contributed by atoms with E-state index in [1.807, 2.05) is 13.8 Å². The smallest absolute Gasteiger partial charge is 0.128 e. The fourth-order valence-electron chi connectivity index (χ4n) is 1.56. The van der Waals surface area contributed by atoms with Gasteiger partial charge in [-0.1, -0.05) is 15.9 Å². The van der Waals surface area contributed by atoms with Gasteiger partial charge in [0, 0.05) is 23.2 Å². The van der Waals surface area contributed by atoms with Crippen LogP contribution in [-0.2, 0) is 4.74 Å². The van der Waals surface area contributed by atoms with Crippen LogP contribution >= 0.6 is 15.9 Å². The molecule has 0 saturated carbocycles. The third-order valence-electron chi connectivity index (χ3n) is 2.97. The summed E-state index contributed by atoms with van der Waals surface area (Å²) in [6, 6.07) is 4.53. The summed E-state index contributed by atoms with van der Waals surface area (Å²) in [6.45, 7) is 3.99. The van der Waals surface area contributed by atoms with Crippen LogP contribution in [0.2, 0.25) is 0 Å². The van der Waals surface area contributed by atoms with Crippen LogP contribution in [0.1, 0.15) is 38.3 Å². The molecule has 0 spiro atoms. The summed E-state index contributed by atoms with van der Waals surface area (Å²) in [4.78, 5) is 0. The predicted molar refractivity (Wildman–Crippen MR) is 71.4 cm³/mol. The summed E-state index contributed by atoms with van der Waals surface area (Å²) in [5, 5.41) is 0. The van der Waals surface area contributed by atoms with Crippen molar-refractivity contribution >= 4 is 15.9 Å². The molecule has 0 aromatic heterocycles. The molecule has 0 amide bonds. The van der Waals surface area contributed by atoms with E-state index in [4.69, 9.17) is 10.5 Å². The maximum Gasteiger partial charge on any atom is 0.128 e. The van der Waals surface area contributed by atoms with Gasteiger partial charge in [0.1, 0.15) is 5.82 Å². The summed E-state index contributed by atoms with van der Waals surface area (Å²) >= 11 is 3.32. The molecular formula is C13H19BrFNO. The van der Waals surface area contributed by atoms with Gasteiger partial charge in [-0.05, 0) is 44.9 Å². The summed E-state index contributed by atoms with van der Waals surface area (Å²) < 4.78 is 19.8. The Bertz CT molecular complexity index is 382. The average molecular weight is 304 g/mol.